The molecule has 0 atom stereocenters. The summed E-state index contributed by atoms with van der Waals surface area (Å²) in [5.41, 5.74) is 2.07. The number of carbonyl (C=O) groups excluding carboxylic acids is 1. The van der Waals surface area contributed by atoms with Gasteiger partial charge >= 0.3 is 0 Å². The van der Waals surface area contributed by atoms with E-state index in [9.17, 15) is 14.9 Å². The first kappa shape index (κ1) is 14.5. The van der Waals surface area contributed by atoms with Crippen molar-refractivity contribution in [2.24, 2.45) is 0 Å². The summed E-state index contributed by atoms with van der Waals surface area (Å²) in [4.78, 5) is 23.9. The maximum Gasteiger partial charge on any atom is 0.269 e. The van der Waals surface area contributed by atoms with E-state index in [1.165, 1.54) is 17.0 Å². The average molecular weight is 285 g/mol. The number of nitro groups is 1. The highest BCUT2D eigenvalue weighted by molar-refractivity contribution is 6.05. The van der Waals surface area contributed by atoms with Crippen molar-refractivity contribution in [3.05, 3.63) is 64.2 Å². The lowest BCUT2D eigenvalue weighted by Gasteiger charge is -2.17. The lowest BCUT2D eigenvalue weighted by Crippen LogP contribution is -2.26. The molecule has 0 saturated carbocycles. The van der Waals surface area contributed by atoms with Gasteiger partial charge in [-0.1, -0.05) is 0 Å². The zero-order chi connectivity index (χ0) is 15.4. The van der Waals surface area contributed by atoms with Crippen molar-refractivity contribution in [2.45, 2.75) is 0 Å². The predicted molar refractivity (Wildman–Crippen MR) is 81.8 cm³/mol. The van der Waals surface area contributed by atoms with Gasteiger partial charge in [0.05, 0.1) is 4.92 Å². The Kier molecular flexibility index (Phi) is 4.18. The summed E-state index contributed by atoms with van der Waals surface area (Å²) in [6, 6.07) is 13.0. The highest BCUT2D eigenvalue weighted by Gasteiger charge is 2.14. The largest absolute Gasteiger partial charge is 0.388 e. The third kappa shape index (κ3) is 3.17. The Morgan fingerprint density at radius 3 is 2.14 bits per heavy atom. The molecule has 2 aromatic carbocycles. The van der Waals surface area contributed by atoms with Gasteiger partial charge < -0.3 is 10.2 Å². The van der Waals surface area contributed by atoms with Crippen molar-refractivity contribution < 1.29 is 9.72 Å². The number of nitrogens with zero attached hydrogens (tertiary/aromatic N) is 2. The molecule has 2 aromatic rings. The number of rotatable bonds is 4. The maximum absolute atomic E-state index is 12.3. The van der Waals surface area contributed by atoms with Crippen molar-refractivity contribution in [1.29, 1.82) is 0 Å². The molecule has 0 radical (unpaired) electrons. The second-order valence-electron chi connectivity index (χ2n) is 4.47. The predicted octanol–water partition coefficient (Wildman–Crippen LogP) is 2.91. The highest BCUT2D eigenvalue weighted by atomic mass is 16.6. The van der Waals surface area contributed by atoms with E-state index in [4.69, 9.17) is 0 Å². The zero-order valence-corrected chi connectivity index (χ0v) is 11.7. The second-order valence-corrected chi connectivity index (χ2v) is 4.47. The molecule has 1 N–H and O–H groups in total. The molecule has 0 aliphatic rings. The fourth-order valence-electron chi connectivity index (χ4n) is 1.89. The van der Waals surface area contributed by atoms with Crippen LogP contribution in [0, 0.1) is 10.1 Å². The Bertz CT molecular complexity index is 651. The molecule has 0 spiro atoms. The van der Waals surface area contributed by atoms with Crippen LogP contribution < -0.4 is 10.2 Å². The van der Waals surface area contributed by atoms with Gasteiger partial charge in [0.1, 0.15) is 0 Å². The van der Waals surface area contributed by atoms with E-state index in [0.717, 1.165) is 5.69 Å². The molecular weight excluding hydrogens is 270 g/mol. The lowest BCUT2D eigenvalue weighted by atomic mass is 10.1. The highest BCUT2D eigenvalue weighted by Crippen LogP contribution is 2.20. The van der Waals surface area contributed by atoms with Crippen LogP contribution in [0.1, 0.15) is 10.4 Å². The van der Waals surface area contributed by atoms with Crippen LogP contribution in [0.15, 0.2) is 48.5 Å². The molecular formula is C15H15N3O3. The average Bonchev–Trinajstić information content (AvgIpc) is 2.53. The number of hydrogen-bond donors (Lipinski definition) is 1. The van der Waals surface area contributed by atoms with Crippen molar-refractivity contribution in [1.82, 2.24) is 0 Å². The SMILES string of the molecule is CNc1ccc(C(=O)N(C)c2ccc([N+](=O)[O-])cc2)cc1. The van der Waals surface area contributed by atoms with E-state index >= 15 is 0 Å². The number of benzene rings is 2. The molecule has 21 heavy (non-hydrogen) atoms. The number of nitro benzene ring substituents is 1. The van der Waals surface area contributed by atoms with Gasteiger partial charge in [0.2, 0.25) is 0 Å². The Hall–Kier alpha value is -2.89. The van der Waals surface area contributed by atoms with Crippen molar-refractivity contribution in [2.75, 3.05) is 24.3 Å². The summed E-state index contributed by atoms with van der Waals surface area (Å²) in [7, 11) is 3.44. The van der Waals surface area contributed by atoms with Gasteiger partial charge in [-0.05, 0) is 36.4 Å². The minimum atomic E-state index is -0.470. The van der Waals surface area contributed by atoms with Gasteiger partial charge in [-0.3, -0.25) is 14.9 Å². The van der Waals surface area contributed by atoms with Crippen LogP contribution in [0.3, 0.4) is 0 Å². The van der Waals surface area contributed by atoms with E-state index in [1.807, 2.05) is 12.1 Å². The first-order chi connectivity index (χ1) is 10.0. The molecule has 0 aromatic heterocycles. The zero-order valence-electron chi connectivity index (χ0n) is 11.7. The van der Waals surface area contributed by atoms with Crippen LogP contribution in [0.2, 0.25) is 0 Å². The van der Waals surface area contributed by atoms with Crippen molar-refractivity contribution in [3.8, 4) is 0 Å². The molecule has 0 saturated heterocycles. The smallest absolute Gasteiger partial charge is 0.269 e. The van der Waals surface area contributed by atoms with Crippen molar-refractivity contribution in [3.63, 3.8) is 0 Å². The van der Waals surface area contributed by atoms with Crippen LogP contribution in [0.5, 0.6) is 0 Å². The lowest BCUT2D eigenvalue weighted by molar-refractivity contribution is -0.384. The first-order valence-electron chi connectivity index (χ1n) is 6.33. The summed E-state index contributed by atoms with van der Waals surface area (Å²) in [6.07, 6.45) is 0. The standard InChI is InChI=1S/C15H15N3O3/c1-16-12-5-3-11(4-6-12)15(19)17(2)13-7-9-14(10-8-13)18(20)21/h3-10,16H,1-2H3. The fraction of sp³-hybridized carbons (Fsp3) is 0.133. The number of amides is 1. The molecule has 108 valence electrons. The fourth-order valence-corrected chi connectivity index (χ4v) is 1.89. The van der Waals surface area contributed by atoms with Crippen LogP contribution in [0.4, 0.5) is 17.1 Å². The normalized spacial score (nSPS) is 10.0. The molecule has 6 nitrogen and oxygen atoms in total. The summed E-state index contributed by atoms with van der Waals surface area (Å²) in [6.45, 7) is 0. The summed E-state index contributed by atoms with van der Waals surface area (Å²) in [5, 5.41) is 13.6. The third-order valence-electron chi connectivity index (χ3n) is 3.17. The number of hydrogen-bond acceptors (Lipinski definition) is 4. The second kappa shape index (κ2) is 6.04. The van der Waals surface area contributed by atoms with E-state index in [2.05, 4.69) is 5.32 Å². The van der Waals surface area contributed by atoms with E-state index in [1.54, 1.807) is 38.4 Å². The van der Waals surface area contributed by atoms with Gasteiger partial charge in [-0.15, -0.1) is 0 Å². The molecule has 6 heteroatoms. The molecule has 2 rings (SSSR count). The molecule has 0 fully saturated rings. The topological polar surface area (TPSA) is 75.5 Å². The maximum atomic E-state index is 12.3. The van der Waals surface area contributed by atoms with Gasteiger partial charge in [-0.2, -0.15) is 0 Å². The molecule has 0 heterocycles. The van der Waals surface area contributed by atoms with Crippen LogP contribution >= 0.6 is 0 Å². The van der Waals surface area contributed by atoms with E-state index < -0.39 is 4.92 Å². The van der Waals surface area contributed by atoms with Crippen molar-refractivity contribution >= 4 is 23.0 Å². The Labute approximate surface area is 122 Å². The quantitative estimate of drug-likeness (QED) is 0.692. The minimum absolute atomic E-state index is 0.00188. The first-order valence-corrected chi connectivity index (χ1v) is 6.33. The van der Waals surface area contributed by atoms with Gasteiger partial charge in [0.25, 0.3) is 11.6 Å². The Morgan fingerprint density at radius 1 is 1.10 bits per heavy atom. The van der Waals surface area contributed by atoms with Gasteiger partial charge in [0, 0.05) is 43.2 Å². The van der Waals surface area contributed by atoms with E-state index in [0.29, 0.717) is 11.3 Å². The Morgan fingerprint density at radius 2 is 1.67 bits per heavy atom. The molecule has 0 aliphatic carbocycles. The number of non-ortho nitro benzene ring substituents is 1. The number of nitrogens with one attached hydrogen (secondary N) is 1. The third-order valence-corrected chi connectivity index (χ3v) is 3.17. The molecule has 0 bridgehead atoms. The van der Waals surface area contributed by atoms with Gasteiger partial charge in [0.15, 0.2) is 0 Å². The summed E-state index contributed by atoms with van der Waals surface area (Å²) < 4.78 is 0. The van der Waals surface area contributed by atoms with E-state index in [-0.39, 0.29) is 11.6 Å². The molecule has 1 amide bonds. The van der Waals surface area contributed by atoms with Crippen LogP contribution in [0.25, 0.3) is 0 Å². The molecule has 0 unspecified atom stereocenters. The monoisotopic (exact) mass is 285 g/mol. The van der Waals surface area contributed by atoms with Gasteiger partial charge in [-0.25, -0.2) is 0 Å². The summed E-state index contributed by atoms with van der Waals surface area (Å²) >= 11 is 0. The van der Waals surface area contributed by atoms with Crippen LogP contribution in [-0.4, -0.2) is 24.9 Å². The number of anilines is 2. The minimum Gasteiger partial charge on any atom is -0.388 e. The summed E-state index contributed by atoms with van der Waals surface area (Å²) in [5.74, 6) is -0.175. The Balaban J connectivity index is 2.19. The number of carbonyl (C=O) groups is 1. The molecule has 0 aliphatic heterocycles. The van der Waals surface area contributed by atoms with Crippen LogP contribution in [-0.2, 0) is 0 Å².